The van der Waals surface area contributed by atoms with Crippen molar-refractivity contribution in [3.8, 4) is 0 Å². The molecule has 338 valence electrons. The molecule has 8 aliphatic carbocycles. The van der Waals surface area contributed by atoms with Gasteiger partial charge in [-0.15, -0.1) is 0 Å². The lowest BCUT2D eigenvalue weighted by Crippen LogP contribution is -2.59. The zero-order valence-corrected chi connectivity index (χ0v) is 39.3. The first-order valence-electron chi connectivity index (χ1n) is 26.1. The molecule has 0 bridgehead atoms. The molecule has 22 atom stereocenters. The Labute approximate surface area is 371 Å². The van der Waals surface area contributed by atoms with Crippen molar-refractivity contribution in [3.63, 3.8) is 0 Å². The van der Waals surface area contributed by atoms with Crippen molar-refractivity contribution in [3.05, 3.63) is 22.8 Å². The average molecular weight is 849 g/mol. The van der Waals surface area contributed by atoms with Crippen LogP contribution in [0.2, 0.25) is 0 Å². The number of Topliss-reactive ketones (excluding diaryl/α,β-unsaturated/α-hetero) is 2. The minimum Gasteiger partial charge on any atom is -0.349 e. The Morgan fingerprint density at radius 1 is 0.516 bits per heavy atom. The first-order valence-corrected chi connectivity index (χ1v) is 26.1. The zero-order chi connectivity index (χ0) is 42.7. The Hall–Kier alpha value is -1.74. The van der Waals surface area contributed by atoms with Crippen molar-refractivity contribution in [2.24, 2.45) is 105 Å². The molecular weight excluding hydrogens is 773 g/mol. The van der Waals surface area contributed by atoms with Crippen LogP contribution in [-0.4, -0.2) is 58.5 Å². The van der Waals surface area contributed by atoms with Crippen molar-refractivity contribution < 1.29 is 28.5 Å². The summed E-state index contributed by atoms with van der Waals surface area (Å²) in [6.07, 6.45) is 16.7. The molecule has 13 rings (SSSR count). The van der Waals surface area contributed by atoms with Gasteiger partial charge in [-0.2, -0.15) is 0 Å². The maximum absolute atomic E-state index is 14.9. The summed E-state index contributed by atoms with van der Waals surface area (Å²) in [5.74, 6) is 5.88. The molecule has 2 spiro atoms. The lowest BCUT2D eigenvalue weighted by molar-refractivity contribution is -0.272. The summed E-state index contributed by atoms with van der Waals surface area (Å²) < 4.78 is 27.2. The van der Waals surface area contributed by atoms with Crippen molar-refractivity contribution in [2.75, 3.05) is 13.2 Å². The summed E-state index contributed by atoms with van der Waals surface area (Å²) in [6.45, 7) is 20.6. The van der Waals surface area contributed by atoms with Crippen LogP contribution in [0.5, 0.6) is 0 Å². The van der Waals surface area contributed by atoms with Gasteiger partial charge in [0.05, 0.1) is 48.2 Å². The third kappa shape index (κ3) is 4.96. The SMILES string of the molecule is C[C@@H]1CC[C@@]2(OC1)O[C@H]1C[C@H]3[C@@H]4CC[C@H]5Cc6nc7c(nc6C[C@]5(C)[C@H]4CC(=O)[C@]3(C)[C@H]1[C@@H]2C)C[C@@]1(C)[C@@H](CC[C@@H]2[C@@H]1CC(=O)[C@]1(C)[C@@H]3[C@H](C[C@@H]21)O[C@]1(CC[C@@H](C)CO1)[C@H]3C)C7. The third-order valence-corrected chi connectivity index (χ3v) is 23.6. The van der Waals surface area contributed by atoms with E-state index in [4.69, 9.17) is 28.9 Å². The molecule has 1 aromatic rings. The number of ketones is 2. The van der Waals surface area contributed by atoms with E-state index in [0.29, 0.717) is 83.6 Å². The number of hydrogen-bond acceptors (Lipinski definition) is 8. The summed E-state index contributed by atoms with van der Waals surface area (Å²) in [7, 11) is 0. The van der Waals surface area contributed by atoms with Crippen molar-refractivity contribution in [1.29, 1.82) is 0 Å². The number of fused-ring (bicyclic) bond motifs is 16. The van der Waals surface area contributed by atoms with Gasteiger partial charge in [-0.3, -0.25) is 19.6 Å². The van der Waals surface area contributed by atoms with E-state index in [0.717, 1.165) is 77.4 Å². The Morgan fingerprint density at radius 2 is 0.935 bits per heavy atom. The molecule has 0 radical (unpaired) electrons. The van der Waals surface area contributed by atoms with Crippen LogP contribution < -0.4 is 0 Å². The number of nitrogens with zero attached hydrogens (tertiary/aromatic N) is 2. The van der Waals surface area contributed by atoms with E-state index in [9.17, 15) is 9.59 Å². The Kier molecular flexibility index (Phi) is 8.52. The minimum absolute atomic E-state index is 0.0420. The van der Waals surface area contributed by atoms with Gasteiger partial charge < -0.3 is 18.9 Å². The van der Waals surface area contributed by atoms with Gasteiger partial charge in [0.2, 0.25) is 0 Å². The van der Waals surface area contributed by atoms with E-state index < -0.39 is 11.6 Å². The van der Waals surface area contributed by atoms with Crippen LogP contribution in [0.15, 0.2) is 0 Å². The third-order valence-electron chi connectivity index (χ3n) is 23.6. The fourth-order valence-corrected chi connectivity index (χ4v) is 20.1. The molecule has 10 fully saturated rings. The fraction of sp³-hybridized carbons (Fsp3) is 0.889. The smallest absolute Gasteiger partial charge is 0.171 e. The van der Waals surface area contributed by atoms with Crippen LogP contribution >= 0.6 is 0 Å². The van der Waals surface area contributed by atoms with E-state index in [1.54, 1.807) is 0 Å². The van der Waals surface area contributed by atoms with Gasteiger partial charge in [0.25, 0.3) is 0 Å². The highest BCUT2D eigenvalue weighted by Gasteiger charge is 2.74. The molecule has 4 aliphatic heterocycles. The van der Waals surface area contributed by atoms with Crippen LogP contribution in [0, 0.1) is 105 Å². The van der Waals surface area contributed by atoms with Crippen molar-refractivity contribution in [1.82, 2.24) is 9.97 Å². The van der Waals surface area contributed by atoms with Gasteiger partial charge >= 0.3 is 0 Å². The molecule has 4 saturated heterocycles. The molecule has 8 nitrogen and oxygen atoms in total. The van der Waals surface area contributed by atoms with E-state index in [2.05, 4.69) is 55.4 Å². The largest absolute Gasteiger partial charge is 0.349 e. The second-order valence-electron chi connectivity index (χ2n) is 25.9. The molecule has 0 amide bonds. The second kappa shape index (κ2) is 13.0. The van der Waals surface area contributed by atoms with Crippen molar-refractivity contribution in [2.45, 2.75) is 182 Å². The van der Waals surface area contributed by atoms with E-state index in [-0.39, 0.29) is 57.5 Å². The van der Waals surface area contributed by atoms with Gasteiger partial charge in [-0.25, -0.2) is 0 Å². The highest BCUT2D eigenvalue weighted by atomic mass is 16.7. The molecule has 0 unspecified atom stereocenters. The van der Waals surface area contributed by atoms with Crippen LogP contribution in [0.3, 0.4) is 0 Å². The number of hydrogen-bond donors (Lipinski definition) is 0. The Balaban J connectivity index is 0.756. The number of carbonyl (C=O) groups is 2. The lowest BCUT2D eigenvalue weighted by Gasteiger charge is -2.60. The topological polar surface area (TPSA) is 96.8 Å². The van der Waals surface area contributed by atoms with E-state index in [1.165, 1.54) is 48.5 Å². The standard InChI is InChI=1S/C54H76N2O6/c1-27-13-15-53(59-25-27)29(3)47-43(61-53)19-37-33-11-9-31-17-39-41(23-49(31,5)35(33)21-45(57)51(37,47)7)56-42-24-50(6)32(18-40(42)55-39)10-12-34-36(50)22-46(58)52(8)38(34)20-44-48(52)30(4)54(62-44)16-14-28(2)26-60-54/h27-38,43-44,47-48H,9-26H2,1-8H3/t27-,28-,29+,30+,31+,32+,33-,34-,35+,36+,37+,38+,43+,44+,47+,48+,49+,50+,51-,52-,53-,54-/m1/s1. The van der Waals surface area contributed by atoms with Gasteiger partial charge in [0.15, 0.2) is 11.6 Å². The summed E-state index contributed by atoms with van der Waals surface area (Å²) in [6, 6.07) is 0. The van der Waals surface area contributed by atoms with Gasteiger partial charge in [0, 0.05) is 60.2 Å². The summed E-state index contributed by atoms with van der Waals surface area (Å²) >= 11 is 0. The molecule has 1 aromatic heterocycles. The Bertz CT molecular complexity index is 1950. The quantitative estimate of drug-likeness (QED) is 0.255. The normalized spacial score (nSPS) is 58.0. The molecular formula is C54H76N2O6. The van der Waals surface area contributed by atoms with Crippen LogP contribution in [0.4, 0.5) is 0 Å². The highest BCUT2D eigenvalue weighted by Crippen LogP contribution is 2.72. The zero-order valence-electron chi connectivity index (χ0n) is 39.3. The lowest BCUT2D eigenvalue weighted by atomic mass is 9.44. The molecule has 5 heterocycles. The second-order valence-corrected chi connectivity index (χ2v) is 25.9. The van der Waals surface area contributed by atoms with E-state index in [1.807, 2.05) is 0 Å². The average Bonchev–Trinajstić information content (AvgIpc) is 3.89. The number of ether oxygens (including phenoxy) is 4. The monoisotopic (exact) mass is 849 g/mol. The minimum atomic E-state index is -0.499. The molecule has 0 aromatic carbocycles. The maximum Gasteiger partial charge on any atom is 0.171 e. The fourth-order valence-electron chi connectivity index (χ4n) is 20.1. The number of rotatable bonds is 0. The van der Waals surface area contributed by atoms with Crippen molar-refractivity contribution >= 4 is 11.6 Å². The summed E-state index contributed by atoms with van der Waals surface area (Å²) in [5, 5.41) is 0. The molecule has 8 heteroatoms. The molecule has 0 N–H and O–H groups in total. The summed E-state index contributed by atoms with van der Waals surface area (Å²) in [4.78, 5) is 41.1. The van der Waals surface area contributed by atoms with Gasteiger partial charge in [0.1, 0.15) is 11.6 Å². The number of aromatic nitrogens is 2. The Morgan fingerprint density at radius 3 is 1.34 bits per heavy atom. The number of carbonyl (C=O) groups excluding carboxylic acids is 2. The molecule has 62 heavy (non-hydrogen) atoms. The predicted molar refractivity (Wildman–Crippen MR) is 233 cm³/mol. The van der Waals surface area contributed by atoms with Crippen LogP contribution in [0.25, 0.3) is 0 Å². The highest BCUT2D eigenvalue weighted by molar-refractivity contribution is 5.88. The van der Waals surface area contributed by atoms with Gasteiger partial charge in [-0.05, 0) is 147 Å². The molecule has 6 saturated carbocycles. The maximum atomic E-state index is 14.9. The van der Waals surface area contributed by atoms with Crippen LogP contribution in [-0.2, 0) is 54.2 Å². The predicted octanol–water partition coefficient (Wildman–Crippen LogP) is 9.56. The molecule has 12 aliphatic rings. The summed E-state index contributed by atoms with van der Waals surface area (Å²) in [5.41, 5.74) is 4.38. The van der Waals surface area contributed by atoms with Gasteiger partial charge in [-0.1, -0.05) is 55.4 Å². The first kappa shape index (κ1) is 40.5. The van der Waals surface area contributed by atoms with E-state index >= 15 is 0 Å². The first-order chi connectivity index (χ1) is 29.5. The van der Waals surface area contributed by atoms with Crippen LogP contribution in [0.1, 0.15) is 155 Å².